The van der Waals surface area contributed by atoms with Gasteiger partial charge in [0.15, 0.2) is 0 Å². The second-order valence-corrected chi connectivity index (χ2v) is 6.88. The van der Waals surface area contributed by atoms with Crippen molar-refractivity contribution in [2.24, 2.45) is 0 Å². The Kier molecular flexibility index (Phi) is 4.79. The van der Waals surface area contributed by atoms with Crippen LogP contribution in [0.5, 0.6) is 0 Å². The predicted molar refractivity (Wildman–Crippen MR) is 112 cm³/mol. The van der Waals surface area contributed by atoms with E-state index in [1.54, 1.807) is 24.4 Å². The second kappa shape index (κ2) is 7.39. The summed E-state index contributed by atoms with van der Waals surface area (Å²) >= 11 is 12.1. The number of fused-ring (bicyclic) bond motifs is 1. The molecule has 27 heavy (non-hydrogen) atoms. The summed E-state index contributed by atoms with van der Waals surface area (Å²) in [6.45, 7) is 1.91. The molecule has 0 unspecified atom stereocenters. The van der Waals surface area contributed by atoms with Crippen molar-refractivity contribution >= 4 is 57.2 Å². The number of hydrogen-bond acceptors (Lipinski definition) is 5. The summed E-state index contributed by atoms with van der Waals surface area (Å²) in [5.41, 5.74) is 3.27. The number of halogens is 2. The van der Waals surface area contributed by atoms with E-state index in [2.05, 4.69) is 25.6 Å². The van der Waals surface area contributed by atoms with Gasteiger partial charge in [-0.05, 0) is 37.3 Å². The van der Waals surface area contributed by atoms with Crippen LogP contribution in [0.4, 0.5) is 23.1 Å². The maximum atomic E-state index is 6.07. The van der Waals surface area contributed by atoms with Crippen molar-refractivity contribution in [3.05, 3.63) is 76.5 Å². The average Bonchev–Trinajstić information content (AvgIpc) is 2.60. The third kappa shape index (κ3) is 4.10. The summed E-state index contributed by atoms with van der Waals surface area (Å²) in [7, 11) is 0. The van der Waals surface area contributed by atoms with E-state index in [0.717, 1.165) is 28.0 Å². The highest BCUT2D eigenvalue weighted by Crippen LogP contribution is 2.27. The highest BCUT2D eigenvalue weighted by Gasteiger charge is 2.07. The maximum Gasteiger partial charge on any atom is 0.229 e. The number of nitrogens with zero attached hydrogens (tertiary/aromatic N) is 3. The van der Waals surface area contributed by atoms with Crippen molar-refractivity contribution in [1.82, 2.24) is 15.0 Å². The van der Waals surface area contributed by atoms with Gasteiger partial charge < -0.3 is 10.6 Å². The molecule has 0 saturated heterocycles. The van der Waals surface area contributed by atoms with E-state index < -0.39 is 0 Å². The number of pyridine rings is 1. The molecule has 7 heteroatoms. The SMILES string of the molecule is Cc1cc(Nc2cc(Cl)cc(Cl)c2)nc(Nc2cccc3cccnc23)n1. The number of aromatic nitrogens is 3. The van der Waals surface area contributed by atoms with Gasteiger partial charge >= 0.3 is 0 Å². The summed E-state index contributed by atoms with van der Waals surface area (Å²) in [6, 6.07) is 17.0. The molecule has 2 aromatic heterocycles. The minimum Gasteiger partial charge on any atom is -0.340 e. The Morgan fingerprint density at radius 2 is 1.63 bits per heavy atom. The second-order valence-electron chi connectivity index (χ2n) is 6.01. The Morgan fingerprint density at radius 1 is 0.852 bits per heavy atom. The lowest BCUT2D eigenvalue weighted by molar-refractivity contribution is 1.11. The van der Waals surface area contributed by atoms with E-state index in [1.807, 2.05) is 43.3 Å². The molecule has 4 rings (SSSR count). The van der Waals surface area contributed by atoms with E-state index in [0.29, 0.717) is 21.8 Å². The normalized spacial score (nSPS) is 10.8. The van der Waals surface area contributed by atoms with Gasteiger partial charge in [0.2, 0.25) is 5.95 Å². The zero-order chi connectivity index (χ0) is 18.8. The van der Waals surface area contributed by atoms with Gasteiger partial charge in [-0.3, -0.25) is 4.98 Å². The fourth-order valence-corrected chi connectivity index (χ4v) is 3.31. The summed E-state index contributed by atoms with van der Waals surface area (Å²) in [4.78, 5) is 13.5. The fourth-order valence-electron chi connectivity index (χ4n) is 2.79. The first-order chi connectivity index (χ1) is 13.1. The fraction of sp³-hybridized carbons (Fsp3) is 0.0500. The molecule has 0 aliphatic rings. The molecular weight excluding hydrogens is 381 g/mol. The molecule has 5 nitrogen and oxygen atoms in total. The molecule has 2 heterocycles. The first-order valence-electron chi connectivity index (χ1n) is 8.26. The molecule has 0 atom stereocenters. The van der Waals surface area contributed by atoms with Crippen molar-refractivity contribution in [3.63, 3.8) is 0 Å². The molecule has 0 aliphatic heterocycles. The monoisotopic (exact) mass is 395 g/mol. The Bertz CT molecular complexity index is 1100. The van der Waals surface area contributed by atoms with Crippen molar-refractivity contribution in [1.29, 1.82) is 0 Å². The third-order valence-electron chi connectivity index (χ3n) is 3.87. The van der Waals surface area contributed by atoms with Crippen LogP contribution >= 0.6 is 23.2 Å². The molecule has 0 spiro atoms. The van der Waals surface area contributed by atoms with Crippen LogP contribution in [-0.4, -0.2) is 15.0 Å². The quantitative estimate of drug-likeness (QED) is 0.435. The van der Waals surface area contributed by atoms with Crippen molar-refractivity contribution < 1.29 is 0 Å². The number of para-hydroxylation sites is 1. The molecular formula is C20H15Cl2N5. The molecule has 2 aromatic carbocycles. The number of nitrogens with one attached hydrogen (secondary N) is 2. The van der Waals surface area contributed by atoms with Crippen LogP contribution in [0.25, 0.3) is 10.9 Å². The number of rotatable bonds is 4. The zero-order valence-electron chi connectivity index (χ0n) is 14.4. The van der Waals surface area contributed by atoms with E-state index >= 15 is 0 Å². The summed E-state index contributed by atoms with van der Waals surface area (Å²) < 4.78 is 0. The first kappa shape index (κ1) is 17.5. The standard InChI is InChI=1S/C20H15Cl2N5/c1-12-8-18(25-16-10-14(21)9-15(22)11-16)27-20(24-12)26-17-6-2-4-13-5-3-7-23-19(13)17/h2-11H,1H3,(H2,24,25,26,27). The highest BCUT2D eigenvalue weighted by molar-refractivity contribution is 6.35. The maximum absolute atomic E-state index is 6.07. The van der Waals surface area contributed by atoms with Gasteiger partial charge in [-0.1, -0.05) is 41.4 Å². The molecule has 0 aliphatic carbocycles. The Balaban J connectivity index is 1.66. The molecule has 4 aromatic rings. The van der Waals surface area contributed by atoms with Gasteiger partial charge in [-0.2, -0.15) is 4.98 Å². The predicted octanol–water partition coefficient (Wildman–Crippen LogP) is 6.13. The van der Waals surface area contributed by atoms with Crippen molar-refractivity contribution in [2.75, 3.05) is 10.6 Å². The molecule has 0 radical (unpaired) electrons. The average molecular weight is 396 g/mol. The lowest BCUT2D eigenvalue weighted by atomic mass is 10.2. The minimum atomic E-state index is 0.476. The number of hydrogen-bond donors (Lipinski definition) is 2. The Labute approximate surface area is 166 Å². The van der Waals surface area contributed by atoms with Crippen LogP contribution in [0.2, 0.25) is 10.0 Å². The highest BCUT2D eigenvalue weighted by atomic mass is 35.5. The van der Waals surface area contributed by atoms with Crippen LogP contribution in [-0.2, 0) is 0 Å². The zero-order valence-corrected chi connectivity index (χ0v) is 15.9. The molecule has 134 valence electrons. The van der Waals surface area contributed by atoms with Crippen LogP contribution < -0.4 is 10.6 Å². The molecule has 0 bridgehead atoms. The molecule has 0 saturated carbocycles. The van der Waals surface area contributed by atoms with Crippen LogP contribution in [0, 0.1) is 6.92 Å². The number of benzene rings is 2. The van der Waals surface area contributed by atoms with Gasteiger partial charge in [0, 0.05) is 39.1 Å². The van der Waals surface area contributed by atoms with Gasteiger partial charge in [0.05, 0.1) is 11.2 Å². The van der Waals surface area contributed by atoms with Crippen LogP contribution in [0.3, 0.4) is 0 Å². The number of anilines is 4. The van der Waals surface area contributed by atoms with Gasteiger partial charge in [-0.15, -0.1) is 0 Å². The summed E-state index contributed by atoms with van der Waals surface area (Å²) in [5.74, 6) is 1.11. The number of aryl methyl sites for hydroxylation is 1. The Hall–Kier alpha value is -2.89. The lowest BCUT2D eigenvalue weighted by Gasteiger charge is -2.11. The van der Waals surface area contributed by atoms with Gasteiger partial charge in [0.1, 0.15) is 5.82 Å². The largest absolute Gasteiger partial charge is 0.340 e. The third-order valence-corrected chi connectivity index (χ3v) is 4.30. The smallest absolute Gasteiger partial charge is 0.229 e. The molecule has 0 amide bonds. The summed E-state index contributed by atoms with van der Waals surface area (Å²) in [6.07, 6.45) is 1.76. The first-order valence-corrected chi connectivity index (χ1v) is 9.02. The van der Waals surface area contributed by atoms with Crippen LogP contribution in [0.15, 0.2) is 60.8 Å². The van der Waals surface area contributed by atoms with E-state index in [9.17, 15) is 0 Å². The minimum absolute atomic E-state index is 0.476. The van der Waals surface area contributed by atoms with E-state index in [1.165, 1.54) is 0 Å². The Morgan fingerprint density at radius 3 is 2.44 bits per heavy atom. The molecule has 0 fully saturated rings. The van der Waals surface area contributed by atoms with Crippen molar-refractivity contribution in [2.45, 2.75) is 6.92 Å². The van der Waals surface area contributed by atoms with Gasteiger partial charge in [-0.25, -0.2) is 4.98 Å². The van der Waals surface area contributed by atoms with Crippen LogP contribution in [0.1, 0.15) is 5.69 Å². The van der Waals surface area contributed by atoms with Crippen molar-refractivity contribution in [3.8, 4) is 0 Å². The van der Waals surface area contributed by atoms with E-state index in [4.69, 9.17) is 23.2 Å². The lowest BCUT2D eigenvalue weighted by Crippen LogP contribution is -2.03. The van der Waals surface area contributed by atoms with Gasteiger partial charge in [0.25, 0.3) is 0 Å². The van der Waals surface area contributed by atoms with E-state index in [-0.39, 0.29) is 0 Å². The summed E-state index contributed by atoms with van der Waals surface area (Å²) in [5, 5.41) is 8.62. The molecule has 2 N–H and O–H groups in total. The topological polar surface area (TPSA) is 62.7 Å².